The molecule has 0 spiro atoms. The fraction of sp³-hybridized carbons (Fsp3) is 0.571. The van der Waals surface area contributed by atoms with Gasteiger partial charge in [-0.1, -0.05) is 13.3 Å². The van der Waals surface area contributed by atoms with Gasteiger partial charge in [-0.05, 0) is 6.42 Å². The predicted molar refractivity (Wildman–Crippen MR) is 48.5 cm³/mol. The summed E-state index contributed by atoms with van der Waals surface area (Å²) in [6.45, 7) is 2.79. The van der Waals surface area contributed by atoms with Crippen molar-refractivity contribution in [3.05, 3.63) is 12.4 Å². The molecule has 2 N–H and O–H groups in total. The van der Waals surface area contributed by atoms with Gasteiger partial charge in [-0.2, -0.15) is 5.10 Å². The third-order valence-electron chi connectivity index (χ3n) is 1.68. The highest BCUT2D eigenvalue weighted by atomic mass is 32.2. The Morgan fingerprint density at radius 2 is 2.31 bits per heavy atom. The highest BCUT2D eigenvalue weighted by Gasteiger charge is 2.09. The number of nitrogens with two attached hydrogens (primary N) is 1. The molecule has 0 fully saturated rings. The van der Waals surface area contributed by atoms with E-state index in [2.05, 4.69) is 12.0 Å². The minimum Gasteiger partial charge on any atom is -0.271 e. The number of hydrogen-bond donors (Lipinski definition) is 1. The summed E-state index contributed by atoms with van der Waals surface area (Å²) >= 11 is 0. The molecule has 0 aliphatic heterocycles. The van der Waals surface area contributed by atoms with E-state index in [1.807, 2.05) is 0 Å². The van der Waals surface area contributed by atoms with Gasteiger partial charge in [-0.15, -0.1) is 0 Å². The fourth-order valence-corrected chi connectivity index (χ4v) is 1.40. The zero-order valence-electron chi connectivity index (χ0n) is 7.47. The highest BCUT2D eigenvalue weighted by Crippen LogP contribution is 2.04. The number of aromatic nitrogens is 2. The molecule has 0 atom stereocenters. The van der Waals surface area contributed by atoms with E-state index >= 15 is 0 Å². The largest absolute Gasteiger partial charge is 0.271 e. The predicted octanol–water partition coefficient (Wildman–Crippen LogP) is 0.331. The maximum atomic E-state index is 10.8. The van der Waals surface area contributed by atoms with Crippen LogP contribution < -0.4 is 5.14 Å². The van der Waals surface area contributed by atoms with Crippen molar-refractivity contribution in [3.63, 3.8) is 0 Å². The topological polar surface area (TPSA) is 78.0 Å². The van der Waals surface area contributed by atoms with Crippen molar-refractivity contribution < 1.29 is 8.42 Å². The quantitative estimate of drug-likeness (QED) is 0.766. The fourth-order valence-electron chi connectivity index (χ4n) is 0.934. The van der Waals surface area contributed by atoms with Gasteiger partial charge in [-0.25, -0.2) is 13.6 Å². The minimum absolute atomic E-state index is 0.0728. The highest BCUT2D eigenvalue weighted by molar-refractivity contribution is 7.89. The lowest BCUT2D eigenvalue weighted by molar-refractivity contribution is 0.569. The van der Waals surface area contributed by atoms with Crippen molar-refractivity contribution >= 4 is 10.0 Å². The van der Waals surface area contributed by atoms with Crippen molar-refractivity contribution in [2.75, 3.05) is 0 Å². The van der Waals surface area contributed by atoms with E-state index in [0.29, 0.717) is 0 Å². The van der Waals surface area contributed by atoms with Gasteiger partial charge in [0, 0.05) is 12.7 Å². The van der Waals surface area contributed by atoms with Crippen LogP contribution in [0.3, 0.4) is 0 Å². The van der Waals surface area contributed by atoms with Gasteiger partial charge >= 0.3 is 0 Å². The molecule has 0 saturated heterocycles. The third-order valence-corrected chi connectivity index (χ3v) is 2.55. The second-order valence-corrected chi connectivity index (χ2v) is 4.40. The molecule has 5 nitrogen and oxygen atoms in total. The Balaban J connectivity index is 2.76. The maximum absolute atomic E-state index is 10.8. The number of aryl methyl sites for hydroxylation is 1. The molecule has 0 unspecified atom stereocenters. The average Bonchev–Trinajstić information content (AvgIpc) is 2.47. The van der Waals surface area contributed by atoms with Crippen LogP contribution in [0.25, 0.3) is 0 Å². The summed E-state index contributed by atoms with van der Waals surface area (Å²) in [5, 5.41) is 8.80. The van der Waals surface area contributed by atoms with Crippen molar-refractivity contribution in [2.24, 2.45) is 5.14 Å². The lowest BCUT2D eigenvalue weighted by Gasteiger charge is -1.96. The summed E-state index contributed by atoms with van der Waals surface area (Å²) in [4.78, 5) is 0.0728. The van der Waals surface area contributed by atoms with E-state index in [0.717, 1.165) is 19.4 Å². The zero-order valence-corrected chi connectivity index (χ0v) is 8.29. The Morgan fingerprint density at radius 1 is 1.62 bits per heavy atom. The Bertz CT molecular complexity index is 369. The standard InChI is InChI=1S/C7H13N3O2S/c1-2-3-4-10-6-7(5-9-10)13(8,11)12/h5-6H,2-4H2,1H3,(H2,8,11,12). The molecule has 0 aromatic carbocycles. The first-order valence-electron chi connectivity index (χ1n) is 4.09. The number of nitrogens with zero attached hydrogens (tertiary/aromatic N) is 2. The van der Waals surface area contributed by atoms with Crippen LogP contribution >= 0.6 is 0 Å². The van der Waals surface area contributed by atoms with Crippen LogP contribution in [-0.4, -0.2) is 18.2 Å². The Labute approximate surface area is 77.6 Å². The van der Waals surface area contributed by atoms with Crippen LogP contribution in [-0.2, 0) is 16.6 Å². The van der Waals surface area contributed by atoms with E-state index in [1.165, 1.54) is 12.4 Å². The molecule has 1 rings (SSSR count). The SMILES string of the molecule is CCCCn1cc(S(N)(=O)=O)cn1. The molecule has 1 aromatic heterocycles. The first-order valence-corrected chi connectivity index (χ1v) is 5.64. The molecule has 0 radical (unpaired) electrons. The summed E-state index contributed by atoms with van der Waals surface area (Å²) < 4.78 is 23.3. The summed E-state index contributed by atoms with van der Waals surface area (Å²) in [6, 6.07) is 0. The van der Waals surface area contributed by atoms with Crippen LogP contribution in [0.1, 0.15) is 19.8 Å². The molecule has 6 heteroatoms. The average molecular weight is 203 g/mol. The van der Waals surface area contributed by atoms with Crippen LogP contribution in [0.4, 0.5) is 0 Å². The van der Waals surface area contributed by atoms with Crippen molar-refractivity contribution in [3.8, 4) is 0 Å². The van der Waals surface area contributed by atoms with Gasteiger partial charge < -0.3 is 0 Å². The smallest absolute Gasteiger partial charge is 0.241 e. The lowest BCUT2D eigenvalue weighted by atomic mass is 10.3. The molecular weight excluding hydrogens is 190 g/mol. The van der Waals surface area contributed by atoms with E-state index in [1.54, 1.807) is 4.68 Å². The van der Waals surface area contributed by atoms with Crippen LogP contribution in [0.2, 0.25) is 0 Å². The molecule has 0 aliphatic carbocycles. The van der Waals surface area contributed by atoms with Gasteiger partial charge in [0.2, 0.25) is 10.0 Å². The number of rotatable bonds is 4. The molecule has 74 valence electrons. The number of primary sulfonamides is 1. The van der Waals surface area contributed by atoms with Crippen LogP contribution in [0, 0.1) is 0 Å². The van der Waals surface area contributed by atoms with Gasteiger partial charge in [0.15, 0.2) is 0 Å². The molecule has 1 aromatic rings. The summed E-state index contributed by atoms with van der Waals surface area (Å²) in [5.41, 5.74) is 0. The number of sulfonamides is 1. The molecule has 0 saturated carbocycles. The Morgan fingerprint density at radius 3 is 2.77 bits per heavy atom. The van der Waals surface area contributed by atoms with Crippen molar-refractivity contribution in [1.29, 1.82) is 0 Å². The van der Waals surface area contributed by atoms with E-state index in [-0.39, 0.29) is 4.90 Å². The first kappa shape index (κ1) is 10.2. The molecule has 0 bridgehead atoms. The first-order chi connectivity index (χ1) is 6.04. The van der Waals surface area contributed by atoms with Gasteiger partial charge in [0.25, 0.3) is 0 Å². The molecule has 0 aliphatic rings. The van der Waals surface area contributed by atoms with Crippen molar-refractivity contribution in [1.82, 2.24) is 9.78 Å². The van der Waals surface area contributed by atoms with Gasteiger partial charge in [0.1, 0.15) is 4.90 Å². The summed E-state index contributed by atoms with van der Waals surface area (Å²) in [5.74, 6) is 0. The van der Waals surface area contributed by atoms with E-state index in [9.17, 15) is 8.42 Å². The Hall–Kier alpha value is -0.880. The zero-order chi connectivity index (χ0) is 9.90. The molecule has 1 heterocycles. The van der Waals surface area contributed by atoms with Gasteiger partial charge in [-0.3, -0.25) is 4.68 Å². The van der Waals surface area contributed by atoms with Crippen LogP contribution in [0.15, 0.2) is 17.3 Å². The molecular formula is C7H13N3O2S. The maximum Gasteiger partial charge on any atom is 0.241 e. The Kier molecular flexibility index (Phi) is 3.05. The second kappa shape index (κ2) is 3.89. The monoisotopic (exact) mass is 203 g/mol. The second-order valence-electron chi connectivity index (χ2n) is 2.84. The minimum atomic E-state index is -3.59. The van der Waals surface area contributed by atoms with E-state index in [4.69, 9.17) is 5.14 Å². The summed E-state index contributed by atoms with van der Waals surface area (Å²) in [7, 11) is -3.59. The number of unbranched alkanes of at least 4 members (excludes halogenated alkanes) is 1. The van der Waals surface area contributed by atoms with Gasteiger partial charge in [0.05, 0.1) is 6.20 Å². The normalized spacial score (nSPS) is 11.8. The lowest BCUT2D eigenvalue weighted by Crippen LogP contribution is -2.11. The van der Waals surface area contributed by atoms with Crippen LogP contribution in [0.5, 0.6) is 0 Å². The molecule has 0 amide bonds. The van der Waals surface area contributed by atoms with E-state index < -0.39 is 10.0 Å². The molecule has 13 heavy (non-hydrogen) atoms. The third kappa shape index (κ3) is 2.82. The number of hydrogen-bond acceptors (Lipinski definition) is 3. The van der Waals surface area contributed by atoms with Crippen molar-refractivity contribution in [2.45, 2.75) is 31.2 Å². The summed E-state index contributed by atoms with van der Waals surface area (Å²) in [6.07, 6.45) is 4.74.